The lowest BCUT2D eigenvalue weighted by molar-refractivity contribution is -0.150. The van der Waals surface area contributed by atoms with Gasteiger partial charge in [0.2, 0.25) is 0 Å². The highest BCUT2D eigenvalue weighted by Crippen LogP contribution is 2.41. The summed E-state index contributed by atoms with van der Waals surface area (Å²) in [6.07, 6.45) is 3.36. The molecule has 3 rings (SSSR count). The zero-order valence-corrected chi connectivity index (χ0v) is 12.8. The Labute approximate surface area is 127 Å². The second-order valence-corrected chi connectivity index (χ2v) is 6.99. The molecule has 2 N–H and O–H groups in total. The lowest BCUT2D eigenvalue weighted by Gasteiger charge is -2.36. The van der Waals surface area contributed by atoms with Gasteiger partial charge in [-0.05, 0) is 32.6 Å². The smallest absolute Gasteiger partial charge is 0.323 e. The number of nitrogens with zero attached hydrogens (tertiary/aromatic N) is 2. The molecule has 0 bridgehead atoms. The monoisotopic (exact) mass is 309 g/mol. The van der Waals surface area contributed by atoms with Crippen LogP contribution in [0.3, 0.4) is 0 Å². The SMILES string of the molecule is CC1(C(=O)O)CCN(C(=O)Nc2nc(C3CC3)cs2)CC1. The first-order chi connectivity index (χ1) is 9.98. The average Bonchev–Trinajstić information content (AvgIpc) is 3.20. The molecule has 1 saturated heterocycles. The van der Waals surface area contributed by atoms with Crippen LogP contribution in [0.2, 0.25) is 0 Å². The maximum atomic E-state index is 12.2. The summed E-state index contributed by atoms with van der Waals surface area (Å²) in [6.45, 7) is 2.68. The van der Waals surface area contributed by atoms with Crippen LogP contribution in [0, 0.1) is 5.41 Å². The number of carboxylic acid groups (broad SMARTS) is 1. The summed E-state index contributed by atoms with van der Waals surface area (Å²) >= 11 is 1.45. The first-order valence-electron chi connectivity index (χ1n) is 7.23. The van der Waals surface area contributed by atoms with Gasteiger partial charge < -0.3 is 10.0 Å². The molecule has 1 aromatic rings. The number of aliphatic carboxylic acids is 1. The van der Waals surface area contributed by atoms with Gasteiger partial charge in [0.15, 0.2) is 5.13 Å². The highest BCUT2D eigenvalue weighted by atomic mass is 32.1. The Morgan fingerprint density at radius 1 is 1.43 bits per heavy atom. The molecular weight excluding hydrogens is 290 g/mol. The van der Waals surface area contributed by atoms with Gasteiger partial charge in [-0.15, -0.1) is 11.3 Å². The van der Waals surface area contributed by atoms with Crippen molar-refractivity contribution >= 4 is 28.5 Å². The van der Waals surface area contributed by atoms with Crippen molar-refractivity contribution in [2.24, 2.45) is 5.41 Å². The van der Waals surface area contributed by atoms with Crippen molar-refractivity contribution in [3.63, 3.8) is 0 Å². The number of anilines is 1. The van der Waals surface area contributed by atoms with E-state index in [0.29, 0.717) is 37.0 Å². The third kappa shape index (κ3) is 3.02. The number of nitrogens with one attached hydrogen (secondary N) is 1. The summed E-state index contributed by atoms with van der Waals surface area (Å²) in [6, 6.07) is -0.181. The second kappa shape index (κ2) is 5.29. The van der Waals surface area contributed by atoms with Gasteiger partial charge in [0.1, 0.15) is 0 Å². The molecule has 1 saturated carbocycles. The number of urea groups is 1. The van der Waals surface area contributed by atoms with Crippen LogP contribution in [0.5, 0.6) is 0 Å². The van der Waals surface area contributed by atoms with Gasteiger partial charge in [0, 0.05) is 24.4 Å². The summed E-state index contributed by atoms with van der Waals surface area (Å²) < 4.78 is 0. The number of thiazole rings is 1. The van der Waals surface area contributed by atoms with Crippen LogP contribution in [0.25, 0.3) is 0 Å². The van der Waals surface area contributed by atoms with Gasteiger partial charge in [0.25, 0.3) is 0 Å². The van der Waals surface area contributed by atoms with Crippen molar-refractivity contribution in [3.8, 4) is 0 Å². The van der Waals surface area contributed by atoms with Gasteiger partial charge in [-0.3, -0.25) is 10.1 Å². The maximum Gasteiger partial charge on any atom is 0.323 e. The molecule has 0 spiro atoms. The molecule has 114 valence electrons. The number of amides is 2. The minimum absolute atomic E-state index is 0.181. The van der Waals surface area contributed by atoms with Crippen LogP contribution < -0.4 is 5.32 Å². The van der Waals surface area contributed by atoms with Crippen LogP contribution in [0.4, 0.5) is 9.93 Å². The molecular formula is C14H19N3O3S. The Balaban J connectivity index is 1.55. The van der Waals surface area contributed by atoms with E-state index in [1.807, 2.05) is 5.38 Å². The number of carboxylic acids is 1. The molecule has 1 aliphatic heterocycles. The summed E-state index contributed by atoms with van der Waals surface area (Å²) in [5.41, 5.74) is 0.365. The molecule has 0 radical (unpaired) electrons. The Morgan fingerprint density at radius 3 is 2.67 bits per heavy atom. The minimum atomic E-state index is -0.781. The highest BCUT2D eigenvalue weighted by Gasteiger charge is 2.38. The molecule has 7 heteroatoms. The molecule has 21 heavy (non-hydrogen) atoms. The summed E-state index contributed by atoms with van der Waals surface area (Å²) in [4.78, 5) is 29.5. The van der Waals surface area contributed by atoms with Crippen molar-refractivity contribution in [2.45, 2.75) is 38.5 Å². The maximum absolute atomic E-state index is 12.2. The van der Waals surface area contributed by atoms with Crippen molar-refractivity contribution in [2.75, 3.05) is 18.4 Å². The molecule has 2 fully saturated rings. The van der Waals surface area contributed by atoms with Crippen LogP contribution in [-0.2, 0) is 4.79 Å². The number of hydrogen-bond acceptors (Lipinski definition) is 4. The number of carbonyl (C=O) groups excluding carboxylic acids is 1. The third-order valence-corrected chi connectivity index (χ3v) is 5.18. The van der Waals surface area contributed by atoms with Crippen molar-refractivity contribution in [3.05, 3.63) is 11.1 Å². The zero-order chi connectivity index (χ0) is 15.0. The van der Waals surface area contributed by atoms with Gasteiger partial charge in [-0.1, -0.05) is 0 Å². The highest BCUT2D eigenvalue weighted by molar-refractivity contribution is 7.13. The van der Waals surface area contributed by atoms with E-state index in [-0.39, 0.29) is 6.03 Å². The number of aromatic nitrogens is 1. The van der Waals surface area contributed by atoms with Crippen molar-refractivity contribution in [1.82, 2.24) is 9.88 Å². The zero-order valence-electron chi connectivity index (χ0n) is 12.0. The molecule has 6 nitrogen and oxygen atoms in total. The molecule has 0 unspecified atom stereocenters. The van der Waals surface area contributed by atoms with Gasteiger partial charge in [-0.25, -0.2) is 9.78 Å². The van der Waals surface area contributed by atoms with E-state index in [0.717, 1.165) is 5.69 Å². The van der Waals surface area contributed by atoms with E-state index in [4.69, 9.17) is 0 Å². The van der Waals surface area contributed by atoms with Crippen molar-refractivity contribution < 1.29 is 14.7 Å². The quantitative estimate of drug-likeness (QED) is 0.899. The predicted octanol–water partition coefficient (Wildman–Crippen LogP) is 2.74. The van der Waals surface area contributed by atoms with Gasteiger partial charge >= 0.3 is 12.0 Å². The fourth-order valence-electron chi connectivity index (χ4n) is 2.50. The summed E-state index contributed by atoms with van der Waals surface area (Å²) in [7, 11) is 0. The van der Waals surface area contributed by atoms with Crippen LogP contribution >= 0.6 is 11.3 Å². The van der Waals surface area contributed by atoms with Gasteiger partial charge in [-0.2, -0.15) is 0 Å². The molecule has 2 heterocycles. The second-order valence-electron chi connectivity index (χ2n) is 6.13. The number of rotatable bonds is 3. The van der Waals surface area contributed by atoms with Gasteiger partial charge in [0.05, 0.1) is 11.1 Å². The lowest BCUT2D eigenvalue weighted by Crippen LogP contribution is -2.46. The van der Waals surface area contributed by atoms with E-state index >= 15 is 0 Å². The summed E-state index contributed by atoms with van der Waals surface area (Å²) in [5, 5.41) is 14.6. The number of hydrogen-bond donors (Lipinski definition) is 2. The molecule has 2 aliphatic rings. The fraction of sp³-hybridized carbons (Fsp3) is 0.643. The Bertz CT molecular complexity index is 560. The first-order valence-corrected chi connectivity index (χ1v) is 8.11. The number of piperidine rings is 1. The van der Waals surface area contributed by atoms with E-state index in [1.54, 1.807) is 11.8 Å². The minimum Gasteiger partial charge on any atom is -0.481 e. The normalized spacial score (nSPS) is 21.1. The standard InChI is InChI=1S/C14H19N3O3S/c1-14(11(18)19)4-6-17(7-5-14)13(20)16-12-15-10(8-21-12)9-2-3-9/h8-9H,2-7H2,1H3,(H,18,19)(H,15,16,20). The Hall–Kier alpha value is -1.63. The predicted molar refractivity (Wildman–Crippen MR) is 79.7 cm³/mol. The molecule has 1 aromatic heterocycles. The Kier molecular flexibility index (Phi) is 3.61. The van der Waals surface area contributed by atoms with E-state index < -0.39 is 11.4 Å². The molecule has 0 aromatic carbocycles. The van der Waals surface area contributed by atoms with E-state index in [1.165, 1.54) is 24.2 Å². The third-order valence-electron chi connectivity index (χ3n) is 4.40. The number of likely N-dealkylation sites (tertiary alicyclic amines) is 1. The first kappa shape index (κ1) is 14.3. The average molecular weight is 309 g/mol. The van der Waals surface area contributed by atoms with Crippen LogP contribution in [0.1, 0.15) is 44.2 Å². The molecule has 1 aliphatic carbocycles. The van der Waals surface area contributed by atoms with Crippen LogP contribution in [-0.4, -0.2) is 40.1 Å². The lowest BCUT2D eigenvalue weighted by atomic mass is 9.80. The largest absolute Gasteiger partial charge is 0.481 e. The molecule has 2 amide bonds. The van der Waals surface area contributed by atoms with E-state index in [9.17, 15) is 14.7 Å². The Morgan fingerprint density at radius 2 is 2.10 bits per heavy atom. The van der Waals surface area contributed by atoms with E-state index in [2.05, 4.69) is 10.3 Å². The summed E-state index contributed by atoms with van der Waals surface area (Å²) in [5.74, 6) is -0.199. The van der Waals surface area contributed by atoms with Crippen molar-refractivity contribution in [1.29, 1.82) is 0 Å². The van der Waals surface area contributed by atoms with Crippen LogP contribution in [0.15, 0.2) is 5.38 Å². The topological polar surface area (TPSA) is 82.5 Å². The number of carbonyl (C=O) groups is 2. The molecule has 0 atom stereocenters. The fourth-order valence-corrected chi connectivity index (χ4v) is 3.28.